The van der Waals surface area contributed by atoms with Gasteiger partial charge in [-0.2, -0.15) is 0 Å². The van der Waals surface area contributed by atoms with Crippen LogP contribution < -0.4 is 10.6 Å². The topological polar surface area (TPSA) is 66.6 Å². The molecule has 1 aromatic rings. The van der Waals surface area contributed by atoms with Gasteiger partial charge in [0.05, 0.1) is 11.4 Å². The van der Waals surface area contributed by atoms with Crippen molar-refractivity contribution < 1.29 is 9.59 Å². The van der Waals surface area contributed by atoms with Crippen LogP contribution in [0, 0.1) is 0 Å². The first-order chi connectivity index (χ1) is 8.99. The lowest BCUT2D eigenvalue weighted by molar-refractivity contribution is -0.129. The minimum Gasteiger partial charge on any atom is -0.397 e. The zero-order valence-corrected chi connectivity index (χ0v) is 11.3. The van der Waals surface area contributed by atoms with Gasteiger partial charge in [-0.1, -0.05) is 0 Å². The Morgan fingerprint density at radius 2 is 1.74 bits per heavy atom. The maximum Gasteiger partial charge on any atom is 0.219 e. The third-order valence-electron chi connectivity index (χ3n) is 3.50. The van der Waals surface area contributed by atoms with Crippen LogP contribution in [0.4, 0.5) is 11.4 Å². The molecule has 2 rings (SSSR count). The molecule has 1 aliphatic heterocycles. The predicted molar refractivity (Wildman–Crippen MR) is 75.3 cm³/mol. The number of amides is 1. The fourth-order valence-corrected chi connectivity index (χ4v) is 2.32. The van der Waals surface area contributed by atoms with Crippen molar-refractivity contribution in [1.29, 1.82) is 0 Å². The van der Waals surface area contributed by atoms with E-state index in [0.717, 1.165) is 18.8 Å². The molecule has 5 nitrogen and oxygen atoms in total. The third-order valence-corrected chi connectivity index (χ3v) is 3.50. The van der Waals surface area contributed by atoms with E-state index in [1.807, 2.05) is 11.0 Å². The molecule has 5 heteroatoms. The van der Waals surface area contributed by atoms with Crippen molar-refractivity contribution in [2.75, 3.05) is 36.8 Å². The van der Waals surface area contributed by atoms with Crippen molar-refractivity contribution in [2.24, 2.45) is 0 Å². The molecule has 19 heavy (non-hydrogen) atoms. The number of carbonyl (C=O) groups excluding carboxylic acids is 2. The lowest BCUT2D eigenvalue weighted by Crippen LogP contribution is -2.48. The van der Waals surface area contributed by atoms with Crippen LogP contribution in [0.3, 0.4) is 0 Å². The zero-order chi connectivity index (χ0) is 14.0. The van der Waals surface area contributed by atoms with Crippen molar-refractivity contribution in [3.63, 3.8) is 0 Å². The largest absolute Gasteiger partial charge is 0.397 e. The SMILES string of the molecule is CC(=O)c1ccc(N2CCN(C(C)=O)CC2)c(N)c1. The van der Waals surface area contributed by atoms with Crippen LogP contribution in [0.2, 0.25) is 0 Å². The van der Waals surface area contributed by atoms with Crippen LogP contribution in [-0.4, -0.2) is 42.8 Å². The number of ketones is 1. The summed E-state index contributed by atoms with van der Waals surface area (Å²) >= 11 is 0. The second-order valence-corrected chi connectivity index (χ2v) is 4.82. The van der Waals surface area contributed by atoms with Gasteiger partial charge < -0.3 is 15.5 Å². The minimum absolute atomic E-state index is 0.0136. The number of rotatable bonds is 2. The number of carbonyl (C=O) groups is 2. The van der Waals surface area contributed by atoms with Gasteiger partial charge in [-0.15, -0.1) is 0 Å². The van der Waals surface area contributed by atoms with E-state index in [0.29, 0.717) is 24.3 Å². The van der Waals surface area contributed by atoms with E-state index in [2.05, 4.69) is 4.90 Å². The number of piperazine rings is 1. The molecule has 0 aromatic heterocycles. The van der Waals surface area contributed by atoms with Crippen LogP contribution in [0.5, 0.6) is 0 Å². The highest BCUT2D eigenvalue weighted by Gasteiger charge is 2.20. The smallest absolute Gasteiger partial charge is 0.219 e. The van der Waals surface area contributed by atoms with Gasteiger partial charge in [-0.25, -0.2) is 0 Å². The highest BCUT2D eigenvalue weighted by Crippen LogP contribution is 2.25. The fourth-order valence-electron chi connectivity index (χ4n) is 2.32. The van der Waals surface area contributed by atoms with Gasteiger partial charge >= 0.3 is 0 Å². The summed E-state index contributed by atoms with van der Waals surface area (Å²) in [5, 5.41) is 0. The Morgan fingerprint density at radius 3 is 2.21 bits per heavy atom. The van der Waals surface area contributed by atoms with Crippen LogP contribution in [-0.2, 0) is 4.79 Å². The molecule has 1 heterocycles. The summed E-state index contributed by atoms with van der Waals surface area (Å²) in [5.74, 6) is 0.124. The van der Waals surface area contributed by atoms with Gasteiger partial charge in [0.2, 0.25) is 5.91 Å². The molecule has 2 N–H and O–H groups in total. The Bertz CT molecular complexity index is 505. The molecule has 0 unspecified atom stereocenters. The normalized spacial score (nSPS) is 15.5. The number of benzene rings is 1. The molecule has 0 atom stereocenters. The molecule has 1 saturated heterocycles. The third kappa shape index (κ3) is 2.86. The van der Waals surface area contributed by atoms with E-state index in [9.17, 15) is 9.59 Å². The number of anilines is 2. The highest BCUT2D eigenvalue weighted by molar-refractivity contribution is 5.96. The molecular formula is C14H19N3O2. The summed E-state index contributed by atoms with van der Waals surface area (Å²) in [6, 6.07) is 5.40. The quantitative estimate of drug-likeness (QED) is 0.640. The standard InChI is InChI=1S/C14H19N3O2/c1-10(18)12-3-4-14(13(15)9-12)17-7-5-16(6-8-17)11(2)19/h3-4,9H,5-8,15H2,1-2H3. The molecule has 0 saturated carbocycles. The molecule has 1 aromatic carbocycles. The van der Waals surface area contributed by atoms with E-state index >= 15 is 0 Å². The maximum absolute atomic E-state index is 11.3. The number of hydrogen-bond donors (Lipinski definition) is 1. The number of nitrogens with two attached hydrogens (primary N) is 1. The van der Waals surface area contributed by atoms with Gasteiger partial charge in [0.1, 0.15) is 0 Å². The summed E-state index contributed by atoms with van der Waals surface area (Å²) in [6.45, 7) is 6.07. The van der Waals surface area contributed by atoms with Gasteiger partial charge in [0.15, 0.2) is 5.78 Å². The number of nitrogen functional groups attached to an aromatic ring is 1. The van der Waals surface area contributed by atoms with E-state index in [1.54, 1.807) is 19.1 Å². The first kappa shape index (κ1) is 13.4. The summed E-state index contributed by atoms with van der Waals surface area (Å²) in [7, 11) is 0. The lowest BCUT2D eigenvalue weighted by Gasteiger charge is -2.36. The Balaban J connectivity index is 2.11. The average Bonchev–Trinajstić information content (AvgIpc) is 2.38. The average molecular weight is 261 g/mol. The van der Waals surface area contributed by atoms with Gasteiger partial charge in [-0.05, 0) is 25.1 Å². The predicted octanol–water partition coefficient (Wildman–Crippen LogP) is 1.14. The van der Waals surface area contributed by atoms with Crippen LogP contribution in [0.25, 0.3) is 0 Å². The zero-order valence-electron chi connectivity index (χ0n) is 11.3. The van der Waals surface area contributed by atoms with E-state index in [1.165, 1.54) is 6.92 Å². The Morgan fingerprint density at radius 1 is 1.11 bits per heavy atom. The van der Waals surface area contributed by atoms with Crippen molar-refractivity contribution in [3.8, 4) is 0 Å². The maximum atomic E-state index is 11.3. The van der Waals surface area contributed by atoms with Crippen LogP contribution in [0.1, 0.15) is 24.2 Å². The molecule has 0 bridgehead atoms. The minimum atomic E-state index is 0.0136. The highest BCUT2D eigenvalue weighted by atomic mass is 16.2. The molecule has 1 fully saturated rings. The lowest BCUT2D eigenvalue weighted by atomic mass is 10.1. The number of nitrogens with zero attached hydrogens (tertiary/aromatic N) is 2. The Labute approximate surface area is 113 Å². The van der Waals surface area contributed by atoms with E-state index in [-0.39, 0.29) is 11.7 Å². The molecular weight excluding hydrogens is 242 g/mol. The van der Waals surface area contributed by atoms with Crippen molar-refractivity contribution in [2.45, 2.75) is 13.8 Å². The number of hydrogen-bond acceptors (Lipinski definition) is 4. The van der Waals surface area contributed by atoms with Crippen LogP contribution in [0.15, 0.2) is 18.2 Å². The summed E-state index contributed by atoms with van der Waals surface area (Å²) in [5.41, 5.74) is 8.19. The van der Waals surface area contributed by atoms with Crippen LogP contribution >= 0.6 is 0 Å². The second kappa shape index (κ2) is 5.30. The van der Waals surface area contributed by atoms with Gasteiger partial charge in [0, 0.05) is 38.7 Å². The van der Waals surface area contributed by atoms with Crippen molar-refractivity contribution in [1.82, 2.24) is 4.90 Å². The summed E-state index contributed by atoms with van der Waals surface area (Å²) in [4.78, 5) is 26.5. The molecule has 1 amide bonds. The van der Waals surface area contributed by atoms with E-state index < -0.39 is 0 Å². The van der Waals surface area contributed by atoms with Crippen molar-refractivity contribution in [3.05, 3.63) is 23.8 Å². The summed E-state index contributed by atoms with van der Waals surface area (Å²) < 4.78 is 0. The monoisotopic (exact) mass is 261 g/mol. The molecule has 1 aliphatic rings. The van der Waals surface area contributed by atoms with Gasteiger partial charge in [-0.3, -0.25) is 9.59 Å². The van der Waals surface area contributed by atoms with Gasteiger partial charge in [0.25, 0.3) is 0 Å². The Hall–Kier alpha value is -2.04. The number of Topliss-reactive ketones (excluding diaryl/α,β-unsaturated/α-hetero) is 1. The molecule has 0 aliphatic carbocycles. The molecule has 0 radical (unpaired) electrons. The molecule has 0 spiro atoms. The molecule has 102 valence electrons. The van der Waals surface area contributed by atoms with Crippen molar-refractivity contribution >= 4 is 23.1 Å². The first-order valence-electron chi connectivity index (χ1n) is 6.40. The first-order valence-corrected chi connectivity index (χ1v) is 6.40. The Kier molecular flexibility index (Phi) is 3.74. The fraction of sp³-hybridized carbons (Fsp3) is 0.429. The summed E-state index contributed by atoms with van der Waals surface area (Å²) in [6.07, 6.45) is 0. The second-order valence-electron chi connectivity index (χ2n) is 4.82. The van der Waals surface area contributed by atoms with E-state index in [4.69, 9.17) is 5.73 Å².